The van der Waals surface area contributed by atoms with E-state index in [1.165, 1.54) is 25.3 Å². The molecule has 1 N–H and O–H groups in total. The Balaban J connectivity index is 1.75. The average Bonchev–Trinajstić information content (AvgIpc) is 2.98. The van der Waals surface area contributed by atoms with Crippen LogP contribution in [0.2, 0.25) is 5.02 Å². The number of hydrogen-bond acceptors (Lipinski definition) is 6. The fourth-order valence-electron chi connectivity index (χ4n) is 3.05. The number of benzene rings is 2. The molecule has 0 bridgehead atoms. The van der Waals surface area contributed by atoms with Gasteiger partial charge in [-0.25, -0.2) is 9.78 Å². The maximum absolute atomic E-state index is 12.4. The molecule has 0 aliphatic carbocycles. The van der Waals surface area contributed by atoms with Gasteiger partial charge < -0.3 is 19.2 Å². The smallest absolute Gasteiger partial charge is 0.337 e. The van der Waals surface area contributed by atoms with Crippen molar-refractivity contribution in [1.29, 1.82) is 0 Å². The van der Waals surface area contributed by atoms with Gasteiger partial charge in [0.25, 0.3) is 5.56 Å². The minimum absolute atomic E-state index is 0.152. The Bertz CT molecular complexity index is 1240. The number of aromatic nitrogens is 2. The number of nitrogens with zero attached hydrogens (tertiary/aromatic N) is 1. The summed E-state index contributed by atoms with van der Waals surface area (Å²) in [6, 6.07) is 7.93. The van der Waals surface area contributed by atoms with Gasteiger partial charge in [-0.15, -0.1) is 0 Å². The van der Waals surface area contributed by atoms with Crippen molar-refractivity contribution in [3.8, 4) is 11.5 Å². The summed E-state index contributed by atoms with van der Waals surface area (Å²) in [7, 11) is 1.28. The van der Waals surface area contributed by atoms with Gasteiger partial charge in [-0.05, 0) is 42.0 Å². The van der Waals surface area contributed by atoms with E-state index in [4.69, 9.17) is 37.4 Å². The van der Waals surface area contributed by atoms with Crippen molar-refractivity contribution in [2.75, 3.05) is 20.3 Å². The molecule has 1 aromatic heterocycles. The van der Waals surface area contributed by atoms with Crippen molar-refractivity contribution < 1.29 is 19.0 Å². The molecule has 0 saturated carbocycles. The van der Waals surface area contributed by atoms with Gasteiger partial charge in [0.05, 0.1) is 46.8 Å². The Hall–Kier alpha value is -3.03. The lowest BCUT2D eigenvalue weighted by Crippen LogP contribution is -2.11. The summed E-state index contributed by atoms with van der Waals surface area (Å²) in [5.41, 5.74) is 0.874. The molecular weight excluding hydrogens is 431 g/mol. The Morgan fingerprint density at radius 2 is 2.03 bits per heavy atom. The molecule has 0 spiro atoms. The number of fused-ring (bicyclic) bond motifs is 2. The lowest BCUT2D eigenvalue weighted by molar-refractivity contribution is 0.0601. The maximum atomic E-state index is 12.4. The summed E-state index contributed by atoms with van der Waals surface area (Å²) in [5, 5.41) is 0.908. The highest BCUT2D eigenvalue weighted by Crippen LogP contribution is 2.39. The van der Waals surface area contributed by atoms with Crippen LogP contribution in [-0.2, 0) is 4.74 Å². The topological polar surface area (TPSA) is 90.5 Å². The molecule has 9 heteroatoms. The zero-order valence-corrected chi connectivity index (χ0v) is 17.3. The number of rotatable bonds is 3. The van der Waals surface area contributed by atoms with Crippen molar-refractivity contribution in [1.82, 2.24) is 9.97 Å². The third-order valence-electron chi connectivity index (χ3n) is 4.47. The van der Waals surface area contributed by atoms with Gasteiger partial charge in [0, 0.05) is 6.42 Å². The van der Waals surface area contributed by atoms with Crippen molar-refractivity contribution in [2.45, 2.75) is 6.42 Å². The zero-order valence-electron chi connectivity index (χ0n) is 15.8. The van der Waals surface area contributed by atoms with Crippen LogP contribution in [0.5, 0.6) is 11.5 Å². The van der Waals surface area contributed by atoms with Crippen molar-refractivity contribution in [3.05, 3.63) is 62.7 Å². The highest BCUT2D eigenvalue weighted by Gasteiger charge is 2.16. The molecule has 0 saturated heterocycles. The van der Waals surface area contributed by atoms with Gasteiger partial charge in [-0.3, -0.25) is 4.79 Å². The Morgan fingerprint density at radius 1 is 1.23 bits per heavy atom. The summed E-state index contributed by atoms with van der Waals surface area (Å²) in [4.78, 5) is 31.2. The summed E-state index contributed by atoms with van der Waals surface area (Å²) >= 11 is 12.8. The summed E-state index contributed by atoms with van der Waals surface area (Å²) < 4.78 is 16.0. The fraction of sp³-hybridized carbons (Fsp3) is 0.190. The second-order valence-electron chi connectivity index (χ2n) is 6.51. The molecule has 4 rings (SSSR count). The first kappa shape index (κ1) is 20.3. The van der Waals surface area contributed by atoms with E-state index in [0.29, 0.717) is 46.2 Å². The van der Waals surface area contributed by atoms with Gasteiger partial charge in [0.2, 0.25) is 0 Å². The molecule has 0 amide bonds. The van der Waals surface area contributed by atoms with Crippen molar-refractivity contribution >= 4 is 51.2 Å². The van der Waals surface area contributed by atoms with Crippen LogP contribution in [0.3, 0.4) is 0 Å². The lowest BCUT2D eigenvalue weighted by Gasteiger charge is -2.10. The Morgan fingerprint density at radius 3 is 2.83 bits per heavy atom. The first-order valence-electron chi connectivity index (χ1n) is 9.05. The standard InChI is InChI=1S/C21H16Cl2N2O5/c1-28-21(27)12-3-4-13-16(10-12)24-19(25-20(13)26)15(23)8-11-7-14(22)18-17(9-11)29-5-2-6-30-18/h3-4,7-10H,2,5-6H2,1H3,(H,24,25,26)/b15-8+. The second-order valence-corrected chi connectivity index (χ2v) is 7.33. The van der Waals surface area contributed by atoms with Crippen LogP contribution in [0.25, 0.3) is 22.0 Å². The fourth-order valence-corrected chi connectivity index (χ4v) is 3.54. The van der Waals surface area contributed by atoms with E-state index in [1.807, 2.05) is 0 Å². The van der Waals surface area contributed by atoms with Crippen LogP contribution in [0.4, 0.5) is 0 Å². The van der Waals surface area contributed by atoms with Crippen molar-refractivity contribution in [2.24, 2.45) is 0 Å². The maximum Gasteiger partial charge on any atom is 0.337 e. The monoisotopic (exact) mass is 446 g/mol. The van der Waals surface area contributed by atoms with Gasteiger partial charge in [-0.2, -0.15) is 0 Å². The van der Waals surface area contributed by atoms with E-state index in [1.54, 1.807) is 18.2 Å². The lowest BCUT2D eigenvalue weighted by atomic mass is 10.1. The molecule has 0 unspecified atom stereocenters. The van der Waals surface area contributed by atoms with Gasteiger partial charge in [-0.1, -0.05) is 23.2 Å². The van der Waals surface area contributed by atoms with Crippen LogP contribution >= 0.6 is 23.2 Å². The number of carbonyl (C=O) groups is 1. The largest absolute Gasteiger partial charge is 0.489 e. The van der Waals surface area contributed by atoms with E-state index >= 15 is 0 Å². The predicted molar refractivity (Wildman–Crippen MR) is 114 cm³/mol. The Labute approximate surface area is 181 Å². The number of esters is 1. The number of methoxy groups -OCH3 is 1. The molecule has 0 atom stereocenters. The van der Waals surface area contributed by atoms with E-state index in [2.05, 4.69) is 9.97 Å². The molecule has 2 heterocycles. The second kappa shape index (κ2) is 8.38. The summed E-state index contributed by atoms with van der Waals surface area (Å²) in [5.74, 6) is 0.650. The van der Waals surface area contributed by atoms with E-state index < -0.39 is 5.97 Å². The summed E-state index contributed by atoms with van der Waals surface area (Å²) in [6.07, 6.45) is 2.36. The van der Waals surface area contributed by atoms with E-state index in [-0.39, 0.29) is 22.0 Å². The van der Waals surface area contributed by atoms with Gasteiger partial charge in [0.15, 0.2) is 17.3 Å². The van der Waals surface area contributed by atoms with Gasteiger partial charge >= 0.3 is 5.97 Å². The van der Waals surface area contributed by atoms with Crippen LogP contribution in [-0.4, -0.2) is 36.3 Å². The Kier molecular flexibility index (Phi) is 5.65. The number of aromatic amines is 1. The van der Waals surface area contributed by atoms with Crippen molar-refractivity contribution in [3.63, 3.8) is 0 Å². The SMILES string of the molecule is COC(=O)c1ccc2c(=O)[nH]c(/C(Cl)=C\c3cc(Cl)c4c(c3)OCCCO4)nc2c1. The minimum Gasteiger partial charge on any atom is -0.489 e. The number of nitrogens with one attached hydrogen (secondary N) is 1. The predicted octanol–water partition coefficient (Wildman–Crippen LogP) is 4.26. The zero-order chi connectivity index (χ0) is 21.3. The molecule has 7 nitrogen and oxygen atoms in total. The molecule has 30 heavy (non-hydrogen) atoms. The number of carbonyl (C=O) groups excluding carboxylic acids is 1. The van der Waals surface area contributed by atoms with Gasteiger partial charge in [0.1, 0.15) is 0 Å². The van der Waals surface area contributed by atoms with Crippen LogP contribution in [0, 0.1) is 0 Å². The van der Waals surface area contributed by atoms with E-state index in [9.17, 15) is 9.59 Å². The first-order chi connectivity index (χ1) is 14.5. The number of halogens is 2. The quantitative estimate of drug-likeness (QED) is 0.604. The van der Waals surface area contributed by atoms with Crippen LogP contribution in [0.15, 0.2) is 35.1 Å². The number of ether oxygens (including phenoxy) is 3. The molecule has 1 aliphatic rings. The minimum atomic E-state index is -0.524. The molecule has 3 aromatic rings. The normalized spacial score (nSPS) is 13.8. The molecule has 0 fully saturated rings. The average molecular weight is 447 g/mol. The highest BCUT2D eigenvalue weighted by molar-refractivity contribution is 6.50. The van der Waals surface area contributed by atoms with E-state index in [0.717, 1.165) is 6.42 Å². The third-order valence-corrected chi connectivity index (χ3v) is 5.04. The molecule has 154 valence electrons. The number of H-pyrrole nitrogens is 1. The van der Waals surface area contributed by atoms with Crippen LogP contribution < -0.4 is 15.0 Å². The third kappa shape index (κ3) is 3.99. The molecule has 1 aliphatic heterocycles. The molecular formula is C21H16Cl2N2O5. The first-order valence-corrected chi connectivity index (χ1v) is 9.81. The molecule has 0 radical (unpaired) electrons. The molecule has 2 aromatic carbocycles. The highest BCUT2D eigenvalue weighted by atomic mass is 35.5. The number of hydrogen-bond donors (Lipinski definition) is 1. The van der Waals surface area contributed by atoms with Crippen LogP contribution in [0.1, 0.15) is 28.2 Å². The summed E-state index contributed by atoms with van der Waals surface area (Å²) in [6.45, 7) is 1.05.